The van der Waals surface area contributed by atoms with Gasteiger partial charge < -0.3 is 19.1 Å². The van der Waals surface area contributed by atoms with E-state index in [0.717, 1.165) is 11.3 Å². The second-order valence-corrected chi connectivity index (χ2v) is 7.49. The van der Waals surface area contributed by atoms with E-state index in [-0.39, 0.29) is 17.7 Å². The van der Waals surface area contributed by atoms with Crippen molar-refractivity contribution in [3.8, 4) is 0 Å². The Morgan fingerprint density at radius 1 is 1.11 bits per heavy atom. The highest BCUT2D eigenvalue weighted by molar-refractivity contribution is 5.94. The Labute approximate surface area is 166 Å². The third-order valence-electron chi connectivity index (χ3n) is 5.42. The average Bonchev–Trinajstić information content (AvgIpc) is 3.26. The number of likely N-dealkylation sites (tertiary alicyclic amines) is 1. The molecule has 1 aliphatic heterocycles. The van der Waals surface area contributed by atoms with E-state index < -0.39 is 0 Å². The van der Waals surface area contributed by atoms with Gasteiger partial charge in [0.15, 0.2) is 0 Å². The minimum atomic E-state index is -0.0204. The number of amides is 2. The van der Waals surface area contributed by atoms with Crippen molar-refractivity contribution in [3.05, 3.63) is 54.0 Å². The summed E-state index contributed by atoms with van der Waals surface area (Å²) in [4.78, 5) is 31.2. The maximum absolute atomic E-state index is 13.0. The Morgan fingerprint density at radius 2 is 1.79 bits per heavy atom. The first-order chi connectivity index (χ1) is 13.5. The second kappa shape index (κ2) is 8.95. The first kappa shape index (κ1) is 20.0. The Hall–Kier alpha value is -2.76. The van der Waals surface area contributed by atoms with Crippen molar-refractivity contribution in [3.63, 3.8) is 0 Å². The summed E-state index contributed by atoms with van der Waals surface area (Å²) < 4.78 is 5.00. The van der Waals surface area contributed by atoms with Gasteiger partial charge in [0.1, 0.15) is 6.26 Å². The fourth-order valence-electron chi connectivity index (χ4n) is 3.62. The van der Waals surface area contributed by atoms with Crippen molar-refractivity contribution >= 4 is 17.5 Å². The molecule has 1 fully saturated rings. The molecule has 0 bridgehead atoms. The maximum Gasteiger partial charge on any atom is 0.257 e. The summed E-state index contributed by atoms with van der Waals surface area (Å²) in [6, 6.07) is 10.00. The van der Waals surface area contributed by atoms with Gasteiger partial charge in [-0.2, -0.15) is 0 Å². The van der Waals surface area contributed by atoms with Crippen molar-refractivity contribution < 1.29 is 14.0 Å². The molecule has 1 aromatic heterocycles. The number of carbonyl (C=O) groups excluding carboxylic acids is 2. The summed E-state index contributed by atoms with van der Waals surface area (Å²) in [5.74, 6) is 0.150. The lowest BCUT2D eigenvalue weighted by molar-refractivity contribution is -0.137. The molecule has 1 aromatic carbocycles. The zero-order valence-corrected chi connectivity index (χ0v) is 16.9. The van der Waals surface area contributed by atoms with Crippen LogP contribution in [0.1, 0.15) is 35.7 Å². The molecule has 28 heavy (non-hydrogen) atoms. The van der Waals surface area contributed by atoms with Crippen LogP contribution in [0.25, 0.3) is 0 Å². The summed E-state index contributed by atoms with van der Waals surface area (Å²) in [5, 5.41) is 0. The van der Waals surface area contributed by atoms with E-state index in [2.05, 4.69) is 29.2 Å². The van der Waals surface area contributed by atoms with Crippen LogP contribution >= 0.6 is 0 Å². The molecule has 1 aliphatic rings. The molecule has 2 aromatic rings. The van der Waals surface area contributed by atoms with Crippen LogP contribution in [0.5, 0.6) is 0 Å². The Bertz CT molecular complexity index is 776. The normalized spacial score (nSPS) is 14.8. The predicted molar refractivity (Wildman–Crippen MR) is 109 cm³/mol. The molecule has 0 aliphatic carbocycles. The maximum atomic E-state index is 13.0. The highest BCUT2D eigenvalue weighted by atomic mass is 16.3. The summed E-state index contributed by atoms with van der Waals surface area (Å²) >= 11 is 0. The minimum Gasteiger partial charge on any atom is -0.472 e. The molecule has 6 nitrogen and oxygen atoms in total. The van der Waals surface area contributed by atoms with Crippen molar-refractivity contribution in [2.45, 2.75) is 26.3 Å². The number of carbonyl (C=O) groups is 2. The van der Waals surface area contributed by atoms with Crippen molar-refractivity contribution in [2.24, 2.45) is 5.92 Å². The Kier molecular flexibility index (Phi) is 6.39. The van der Waals surface area contributed by atoms with Crippen molar-refractivity contribution in [1.29, 1.82) is 0 Å². The van der Waals surface area contributed by atoms with Crippen LogP contribution in [0.3, 0.4) is 0 Å². The molecule has 1 saturated heterocycles. The van der Waals surface area contributed by atoms with Gasteiger partial charge in [0.25, 0.3) is 5.91 Å². The summed E-state index contributed by atoms with van der Waals surface area (Å²) in [6.07, 6.45) is 4.39. The van der Waals surface area contributed by atoms with E-state index in [9.17, 15) is 9.59 Å². The number of nitrogens with zero attached hydrogens (tertiary/aromatic N) is 3. The number of anilines is 1. The average molecular weight is 383 g/mol. The smallest absolute Gasteiger partial charge is 0.257 e. The van der Waals surface area contributed by atoms with Crippen LogP contribution < -0.4 is 4.90 Å². The summed E-state index contributed by atoms with van der Waals surface area (Å²) in [5.41, 5.74) is 2.85. The van der Waals surface area contributed by atoms with Gasteiger partial charge >= 0.3 is 0 Å². The van der Waals surface area contributed by atoms with E-state index in [1.54, 1.807) is 6.07 Å². The third kappa shape index (κ3) is 4.55. The van der Waals surface area contributed by atoms with E-state index in [0.29, 0.717) is 44.6 Å². The molecule has 150 valence electrons. The number of furan rings is 1. The number of hydrogen-bond acceptors (Lipinski definition) is 4. The van der Waals surface area contributed by atoms with Crippen LogP contribution in [-0.2, 0) is 11.3 Å². The van der Waals surface area contributed by atoms with E-state index in [1.807, 2.05) is 30.8 Å². The van der Waals surface area contributed by atoms with Gasteiger partial charge in [0.05, 0.1) is 11.8 Å². The quantitative estimate of drug-likeness (QED) is 0.768. The van der Waals surface area contributed by atoms with Crippen LogP contribution in [0.15, 0.2) is 47.3 Å². The topological polar surface area (TPSA) is 57.0 Å². The summed E-state index contributed by atoms with van der Waals surface area (Å²) in [6.45, 7) is 4.54. The van der Waals surface area contributed by atoms with E-state index in [1.165, 1.54) is 12.5 Å². The number of rotatable bonds is 6. The molecule has 2 heterocycles. The van der Waals surface area contributed by atoms with Crippen LogP contribution in [-0.4, -0.2) is 55.3 Å². The van der Waals surface area contributed by atoms with Gasteiger partial charge in [-0.1, -0.05) is 12.1 Å². The number of hydrogen-bond donors (Lipinski definition) is 0. The van der Waals surface area contributed by atoms with Gasteiger partial charge in [-0.3, -0.25) is 9.59 Å². The van der Waals surface area contributed by atoms with E-state index in [4.69, 9.17) is 4.42 Å². The largest absolute Gasteiger partial charge is 0.472 e. The number of piperidine rings is 1. The van der Waals surface area contributed by atoms with E-state index >= 15 is 0 Å². The molecule has 0 radical (unpaired) electrons. The van der Waals surface area contributed by atoms with Gasteiger partial charge in [0, 0.05) is 51.9 Å². The molecule has 0 N–H and O–H groups in total. The predicted octanol–water partition coefficient (Wildman–Crippen LogP) is 3.25. The molecule has 0 atom stereocenters. The lowest BCUT2D eigenvalue weighted by Gasteiger charge is -2.34. The highest BCUT2D eigenvalue weighted by Gasteiger charge is 2.30. The van der Waals surface area contributed by atoms with Gasteiger partial charge in [-0.05, 0) is 43.5 Å². The zero-order valence-electron chi connectivity index (χ0n) is 16.9. The monoisotopic (exact) mass is 383 g/mol. The lowest BCUT2D eigenvalue weighted by atomic mass is 9.94. The molecule has 2 amide bonds. The fraction of sp³-hybridized carbons (Fsp3) is 0.455. The van der Waals surface area contributed by atoms with Crippen LogP contribution in [0.4, 0.5) is 5.69 Å². The third-order valence-corrected chi connectivity index (χ3v) is 5.42. The highest BCUT2D eigenvalue weighted by Crippen LogP contribution is 2.23. The molecule has 3 rings (SSSR count). The second-order valence-electron chi connectivity index (χ2n) is 7.49. The van der Waals surface area contributed by atoms with Gasteiger partial charge in [0.2, 0.25) is 5.91 Å². The standard InChI is InChI=1S/C22H29N3O3/c1-4-24(15-17-5-7-20(8-6-17)23(2)3)21(26)18-9-12-25(13-10-18)22(27)19-11-14-28-16-19/h5-8,11,14,16,18H,4,9-10,12-13,15H2,1-3H3. The summed E-state index contributed by atoms with van der Waals surface area (Å²) in [7, 11) is 4.03. The van der Waals surface area contributed by atoms with Crippen LogP contribution in [0, 0.1) is 5.92 Å². The van der Waals surface area contributed by atoms with Crippen molar-refractivity contribution in [2.75, 3.05) is 38.6 Å². The van der Waals surface area contributed by atoms with Crippen LogP contribution in [0.2, 0.25) is 0 Å². The Balaban J connectivity index is 1.56. The Morgan fingerprint density at radius 3 is 2.32 bits per heavy atom. The molecule has 6 heteroatoms. The SMILES string of the molecule is CCN(Cc1ccc(N(C)C)cc1)C(=O)C1CCN(C(=O)c2ccoc2)CC1. The molecule has 0 spiro atoms. The minimum absolute atomic E-state index is 0.0191. The molecular formula is C22H29N3O3. The fourth-order valence-corrected chi connectivity index (χ4v) is 3.62. The van der Waals surface area contributed by atoms with Crippen molar-refractivity contribution in [1.82, 2.24) is 9.80 Å². The lowest BCUT2D eigenvalue weighted by Crippen LogP contribution is -2.44. The molecular weight excluding hydrogens is 354 g/mol. The van der Waals surface area contributed by atoms with Gasteiger partial charge in [-0.15, -0.1) is 0 Å². The molecule has 0 saturated carbocycles. The number of benzene rings is 1. The first-order valence-corrected chi connectivity index (χ1v) is 9.86. The molecule has 0 unspecified atom stereocenters. The van der Waals surface area contributed by atoms with Gasteiger partial charge in [-0.25, -0.2) is 0 Å². The zero-order chi connectivity index (χ0) is 20.1. The first-order valence-electron chi connectivity index (χ1n) is 9.86.